The van der Waals surface area contributed by atoms with E-state index in [0.717, 1.165) is 52.8 Å². The van der Waals surface area contributed by atoms with E-state index in [9.17, 15) is 8.60 Å². The summed E-state index contributed by atoms with van der Waals surface area (Å²) in [7, 11) is -0.726. The van der Waals surface area contributed by atoms with Crippen LogP contribution < -0.4 is 5.32 Å². The van der Waals surface area contributed by atoms with E-state index >= 15 is 0 Å². The van der Waals surface area contributed by atoms with Crippen LogP contribution in [0.4, 0.5) is 9.52 Å². The van der Waals surface area contributed by atoms with Gasteiger partial charge in [-0.2, -0.15) is 0 Å². The standard InChI is InChI=1S/C18H21FN4OS2/c1-2-26(24)15-5-3-4-14(10-15)20-17-22-23-11-16(21-18(23)25-17)12-6-8-13(19)9-7-12/h6-9,11,14-15H,2-5,10H2,1H3,(H,20,22). The van der Waals surface area contributed by atoms with E-state index in [4.69, 9.17) is 0 Å². The zero-order valence-corrected chi connectivity index (χ0v) is 16.2. The van der Waals surface area contributed by atoms with Crippen molar-refractivity contribution in [3.8, 4) is 11.3 Å². The molecule has 2 heterocycles. The Kier molecular flexibility index (Phi) is 5.04. The van der Waals surface area contributed by atoms with Crippen LogP contribution in [-0.4, -0.2) is 35.9 Å². The Labute approximate surface area is 158 Å². The highest BCUT2D eigenvalue weighted by Gasteiger charge is 2.26. The van der Waals surface area contributed by atoms with E-state index in [1.165, 1.54) is 23.5 Å². The second-order valence-corrected chi connectivity index (χ2v) is 9.53. The number of fused-ring (bicyclic) bond motifs is 1. The predicted molar refractivity (Wildman–Crippen MR) is 105 cm³/mol. The number of anilines is 1. The molecule has 5 nitrogen and oxygen atoms in total. The largest absolute Gasteiger partial charge is 0.357 e. The minimum absolute atomic E-state index is 0.255. The molecular formula is C18H21FN4OS2. The molecule has 0 aliphatic heterocycles. The minimum atomic E-state index is -0.726. The molecular weight excluding hydrogens is 371 g/mol. The number of hydrogen-bond acceptors (Lipinski definition) is 5. The van der Waals surface area contributed by atoms with Gasteiger partial charge in [-0.1, -0.05) is 24.7 Å². The van der Waals surface area contributed by atoms with Crippen molar-refractivity contribution in [3.63, 3.8) is 0 Å². The number of halogens is 1. The Balaban J connectivity index is 1.47. The SMILES string of the molecule is CCS(=O)C1CCCC(Nc2nn3cc(-c4ccc(F)cc4)nc3s2)C1. The summed E-state index contributed by atoms with van der Waals surface area (Å²) in [5.41, 5.74) is 1.65. The highest BCUT2D eigenvalue weighted by Crippen LogP contribution is 2.29. The molecule has 4 rings (SSSR count). The molecule has 26 heavy (non-hydrogen) atoms. The van der Waals surface area contributed by atoms with Gasteiger partial charge in [-0.25, -0.2) is 13.9 Å². The molecule has 8 heteroatoms. The van der Waals surface area contributed by atoms with E-state index in [-0.39, 0.29) is 5.82 Å². The number of aromatic nitrogens is 3. The van der Waals surface area contributed by atoms with Crippen LogP contribution in [-0.2, 0) is 10.8 Å². The first kappa shape index (κ1) is 17.6. The highest BCUT2D eigenvalue weighted by atomic mass is 32.2. The van der Waals surface area contributed by atoms with Gasteiger partial charge in [-0.3, -0.25) is 4.21 Å². The average molecular weight is 393 g/mol. The van der Waals surface area contributed by atoms with E-state index in [0.29, 0.717) is 11.3 Å². The van der Waals surface area contributed by atoms with Crippen LogP contribution in [0, 0.1) is 5.82 Å². The number of benzene rings is 1. The first-order chi connectivity index (χ1) is 12.6. The number of nitrogens with one attached hydrogen (secondary N) is 1. The molecule has 1 aliphatic rings. The molecule has 0 spiro atoms. The van der Waals surface area contributed by atoms with Crippen molar-refractivity contribution in [2.24, 2.45) is 0 Å². The van der Waals surface area contributed by atoms with E-state index in [1.54, 1.807) is 16.6 Å². The Morgan fingerprint density at radius 3 is 2.88 bits per heavy atom. The third-order valence-corrected chi connectivity index (χ3v) is 7.39. The molecule has 3 aromatic rings. The molecule has 1 fully saturated rings. The van der Waals surface area contributed by atoms with Gasteiger partial charge in [-0.05, 0) is 43.5 Å². The third kappa shape index (κ3) is 3.66. The quantitative estimate of drug-likeness (QED) is 0.711. The molecule has 1 aromatic carbocycles. The van der Waals surface area contributed by atoms with Crippen LogP contribution in [0.1, 0.15) is 32.6 Å². The maximum atomic E-state index is 13.1. The topological polar surface area (TPSA) is 59.3 Å². The van der Waals surface area contributed by atoms with Crippen LogP contribution in [0.3, 0.4) is 0 Å². The lowest BCUT2D eigenvalue weighted by atomic mass is 9.95. The molecule has 0 amide bonds. The Hall–Kier alpha value is -1.80. The maximum Gasteiger partial charge on any atom is 0.214 e. The summed E-state index contributed by atoms with van der Waals surface area (Å²) in [6.07, 6.45) is 6.04. The number of hydrogen-bond donors (Lipinski definition) is 1. The van der Waals surface area contributed by atoms with Crippen molar-refractivity contribution < 1.29 is 8.60 Å². The third-order valence-electron chi connectivity index (χ3n) is 4.79. The summed E-state index contributed by atoms with van der Waals surface area (Å²) in [5.74, 6) is 0.475. The molecule has 1 saturated carbocycles. The van der Waals surface area contributed by atoms with Crippen molar-refractivity contribution in [3.05, 3.63) is 36.3 Å². The first-order valence-electron chi connectivity index (χ1n) is 8.88. The number of rotatable bonds is 5. The zero-order valence-electron chi connectivity index (χ0n) is 14.5. The summed E-state index contributed by atoms with van der Waals surface area (Å²) in [6.45, 7) is 1.99. The predicted octanol–water partition coefficient (Wildman–Crippen LogP) is 4.09. The van der Waals surface area contributed by atoms with E-state index < -0.39 is 10.8 Å². The summed E-state index contributed by atoms with van der Waals surface area (Å²) in [5, 5.41) is 9.20. The highest BCUT2D eigenvalue weighted by molar-refractivity contribution is 7.85. The Bertz CT molecular complexity index is 890. The molecule has 0 radical (unpaired) electrons. The van der Waals surface area contributed by atoms with Crippen LogP contribution in [0.2, 0.25) is 0 Å². The molecule has 1 aliphatic carbocycles. The van der Waals surface area contributed by atoms with Crippen molar-refractivity contribution in [2.75, 3.05) is 11.1 Å². The van der Waals surface area contributed by atoms with Crippen molar-refractivity contribution in [1.82, 2.24) is 14.6 Å². The van der Waals surface area contributed by atoms with E-state index in [2.05, 4.69) is 15.4 Å². The van der Waals surface area contributed by atoms with Gasteiger partial charge in [0.1, 0.15) is 5.82 Å². The van der Waals surface area contributed by atoms with Gasteiger partial charge in [0.15, 0.2) is 0 Å². The Morgan fingerprint density at radius 2 is 2.15 bits per heavy atom. The fourth-order valence-corrected chi connectivity index (χ4v) is 5.65. The second-order valence-electron chi connectivity index (χ2n) is 6.57. The normalized spacial score (nSPS) is 21.8. The van der Waals surface area contributed by atoms with Crippen LogP contribution >= 0.6 is 11.3 Å². The lowest BCUT2D eigenvalue weighted by Gasteiger charge is -2.28. The molecule has 0 bridgehead atoms. The van der Waals surface area contributed by atoms with Gasteiger partial charge in [0.2, 0.25) is 10.1 Å². The number of nitrogens with zero attached hydrogens (tertiary/aromatic N) is 3. The number of imidazole rings is 1. The second kappa shape index (κ2) is 7.44. The molecule has 138 valence electrons. The fraction of sp³-hybridized carbons (Fsp3) is 0.444. The average Bonchev–Trinajstić information content (AvgIpc) is 3.20. The van der Waals surface area contributed by atoms with Gasteiger partial charge < -0.3 is 5.32 Å². The van der Waals surface area contributed by atoms with Crippen molar-refractivity contribution in [1.29, 1.82) is 0 Å². The van der Waals surface area contributed by atoms with Gasteiger partial charge in [0, 0.05) is 33.4 Å². The molecule has 1 N–H and O–H groups in total. The van der Waals surface area contributed by atoms with Crippen LogP contribution in [0.25, 0.3) is 16.2 Å². The summed E-state index contributed by atoms with van der Waals surface area (Å²) < 4.78 is 26.9. The monoisotopic (exact) mass is 392 g/mol. The molecule has 3 atom stereocenters. The smallest absolute Gasteiger partial charge is 0.214 e. The lowest BCUT2D eigenvalue weighted by molar-refractivity contribution is 0.465. The minimum Gasteiger partial charge on any atom is -0.357 e. The van der Waals surface area contributed by atoms with Gasteiger partial charge in [0.25, 0.3) is 0 Å². The molecule has 3 unspecified atom stereocenters. The van der Waals surface area contributed by atoms with Crippen LogP contribution in [0.5, 0.6) is 0 Å². The van der Waals surface area contributed by atoms with Crippen molar-refractivity contribution in [2.45, 2.75) is 43.9 Å². The van der Waals surface area contributed by atoms with Gasteiger partial charge in [-0.15, -0.1) is 5.10 Å². The van der Waals surface area contributed by atoms with Crippen LogP contribution in [0.15, 0.2) is 30.5 Å². The Morgan fingerprint density at radius 1 is 1.35 bits per heavy atom. The summed E-state index contributed by atoms with van der Waals surface area (Å²) in [6, 6.07) is 6.62. The fourth-order valence-electron chi connectivity index (χ4n) is 3.44. The first-order valence-corrected chi connectivity index (χ1v) is 11.1. The lowest BCUT2D eigenvalue weighted by Crippen LogP contribution is -2.32. The summed E-state index contributed by atoms with van der Waals surface area (Å²) >= 11 is 1.50. The van der Waals surface area contributed by atoms with Gasteiger partial charge >= 0.3 is 0 Å². The molecule has 2 aromatic heterocycles. The van der Waals surface area contributed by atoms with E-state index in [1.807, 2.05) is 13.1 Å². The summed E-state index contributed by atoms with van der Waals surface area (Å²) in [4.78, 5) is 5.39. The zero-order chi connectivity index (χ0) is 18.1. The maximum absolute atomic E-state index is 13.1. The molecule has 0 saturated heterocycles. The van der Waals surface area contributed by atoms with Gasteiger partial charge in [0.05, 0.1) is 11.9 Å². The van der Waals surface area contributed by atoms with Crippen molar-refractivity contribution >= 4 is 32.2 Å².